The fourth-order valence-corrected chi connectivity index (χ4v) is 7.95. The van der Waals surface area contributed by atoms with Crippen LogP contribution in [0.1, 0.15) is 235 Å². The van der Waals surface area contributed by atoms with Crippen molar-refractivity contribution < 1.29 is 19.8 Å². The maximum atomic E-state index is 11.5. The van der Waals surface area contributed by atoms with Gasteiger partial charge in [0.25, 0.3) is 0 Å². The van der Waals surface area contributed by atoms with E-state index in [1.165, 1.54) is 77.0 Å². The summed E-state index contributed by atoms with van der Waals surface area (Å²) >= 11 is 0. The third-order valence-corrected chi connectivity index (χ3v) is 11.2. The first-order valence-corrected chi connectivity index (χ1v) is 24.7. The first-order valence-electron chi connectivity index (χ1n) is 24.7. The van der Waals surface area contributed by atoms with Gasteiger partial charge in [-0.1, -0.05) is 181 Å². The summed E-state index contributed by atoms with van der Waals surface area (Å²) in [5, 5.41) is 23.1. The Morgan fingerprint density at radius 1 is 0.373 bits per heavy atom. The van der Waals surface area contributed by atoms with Gasteiger partial charge >= 0.3 is 37.7 Å². The van der Waals surface area contributed by atoms with Gasteiger partial charge in [0.2, 0.25) is 0 Å². The van der Waals surface area contributed by atoms with Gasteiger partial charge in [-0.2, -0.15) is 0 Å². The van der Waals surface area contributed by atoms with E-state index in [0.717, 1.165) is 103 Å². The number of nitrogens with zero attached hydrogens (tertiary/aromatic N) is 2. The molecule has 4 atom stereocenters. The van der Waals surface area contributed by atoms with Crippen LogP contribution < -0.4 is 10.2 Å². The Kier molecular flexibility index (Phi) is 50.9. The number of unbranched alkanes of at least 4 members (excludes halogenated alkanes) is 12. The van der Waals surface area contributed by atoms with Crippen molar-refractivity contribution in [1.82, 2.24) is 9.80 Å². The molecule has 4 unspecified atom stereocenters. The van der Waals surface area contributed by atoms with Crippen LogP contribution in [-0.4, -0.2) is 96.7 Å². The maximum Gasteiger partial charge on any atom is 2.00 e. The van der Waals surface area contributed by atoms with Crippen molar-refractivity contribution in [3.63, 3.8) is 0 Å². The van der Waals surface area contributed by atoms with E-state index < -0.39 is 11.9 Å². The molecule has 0 saturated heterocycles. The molecule has 0 rings (SSSR count). The fraction of sp³-hybridized carbons (Fsp3) is 0.808. The third kappa shape index (κ3) is 38.5. The number of carbonyl (C=O) groups excluding carboxylic acids is 2. The quantitative estimate of drug-likeness (QED) is 0.0347. The van der Waals surface area contributed by atoms with Gasteiger partial charge in [-0.15, -0.1) is 0 Å². The van der Waals surface area contributed by atoms with E-state index in [9.17, 15) is 19.8 Å². The van der Waals surface area contributed by atoms with Crippen molar-refractivity contribution in [3.05, 3.63) is 48.6 Å². The van der Waals surface area contributed by atoms with E-state index in [2.05, 4.69) is 114 Å². The Hall–Kier alpha value is -0.920. The normalized spacial score (nSPS) is 14.0. The zero-order valence-corrected chi connectivity index (χ0v) is 42.6. The van der Waals surface area contributed by atoms with E-state index in [-0.39, 0.29) is 75.0 Å². The number of carboxylic acid groups (broad SMARTS) is 2. The first-order chi connectivity index (χ1) is 28.2. The number of carbonyl (C=O) groups is 2. The summed E-state index contributed by atoms with van der Waals surface area (Å²) in [5.74, 6) is -1.91. The molecular weight excluding hydrogens is 757 g/mol. The predicted molar refractivity (Wildman–Crippen MR) is 256 cm³/mol. The molecule has 0 spiro atoms. The van der Waals surface area contributed by atoms with Gasteiger partial charge in [0.15, 0.2) is 0 Å². The number of rotatable bonds is 40. The van der Waals surface area contributed by atoms with Crippen LogP contribution in [0.2, 0.25) is 0 Å². The summed E-state index contributed by atoms with van der Waals surface area (Å²) in [5.41, 5.74) is 0. The van der Waals surface area contributed by atoms with Crippen molar-refractivity contribution in [2.75, 3.05) is 13.1 Å². The minimum atomic E-state index is -0.953. The zero-order chi connectivity index (χ0) is 43.5. The molecule has 6 nitrogen and oxygen atoms in total. The summed E-state index contributed by atoms with van der Waals surface area (Å²) in [4.78, 5) is 27.5. The molecule has 0 fully saturated rings. The Bertz CT molecular complexity index is 884. The van der Waals surface area contributed by atoms with Crippen LogP contribution in [0.5, 0.6) is 0 Å². The number of hydrogen-bond donors (Lipinski definition) is 0. The monoisotopic (exact) mass is 853 g/mol. The largest absolute Gasteiger partial charge is 2.00 e. The number of allylic oxidation sites excluding steroid dienone is 4. The minimum Gasteiger partial charge on any atom is -0.549 e. The van der Waals surface area contributed by atoms with Crippen molar-refractivity contribution in [2.24, 2.45) is 0 Å². The van der Waals surface area contributed by atoms with E-state index in [1.54, 1.807) is 0 Å². The molecule has 0 aromatic carbocycles. The third-order valence-electron chi connectivity index (χ3n) is 11.2. The maximum absolute atomic E-state index is 11.5. The van der Waals surface area contributed by atoms with Gasteiger partial charge in [0.1, 0.15) is 0 Å². The molecule has 0 bridgehead atoms. The molecule has 0 heterocycles. The van der Waals surface area contributed by atoms with Crippen molar-refractivity contribution in [2.45, 2.75) is 259 Å². The number of hydrogen-bond acceptors (Lipinski definition) is 6. The second-order valence-corrected chi connectivity index (χ2v) is 16.7. The zero-order valence-electron chi connectivity index (χ0n) is 40.4. The second kappa shape index (κ2) is 48.1. The summed E-state index contributed by atoms with van der Waals surface area (Å²) in [6.07, 6.45) is 50.1. The van der Waals surface area contributed by atoms with Crippen molar-refractivity contribution in [3.8, 4) is 0 Å². The Balaban J connectivity index is -0.00000105. The van der Waals surface area contributed by atoms with Crippen LogP contribution in [-0.2, 0) is 9.59 Å². The van der Waals surface area contributed by atoms with E-state index in [1.807, 2.05) is 0 Å². The summed E-state index contributed by atoms with van der Waals surface area (Å²) in [6.45, 7) is 17.8. The molecule has 0 aliphatic carbocycles. The van der Waals surface area contributed by atoms with Gasteiger partial charge < -0.3 is 19.8 Å². The van der Waals surface area contributed by atoms with E-state index in [4.69, 9.17) is 0 Å². The molecule has 0 saturated carbocycles. The summed E-state index contributed by atoms with van der Waals surface area (Å²) in [6, 6.07) is 1.13. The Morgan fingerprint density at radius 3 is 0.763 bits per heavy atom. The van der Waals surface area contributed by atoms with Crippen LogP contribution >= 0.6 is 0 Å². The molecule has 7 heteroatoms. The van der Waals surface area contributed by atoms with Gasteiger partial charge in [-0.25, -0.2) is 0 Å². The molecule has 0 radical (unpaired) electrons. The van der Waals surface area contributed by atoms with Crippen LogP contribution in [0.3, 0.4) is 0 Å². The first kappa shape index (κ1) is 62.4. The van der Waals surface area contributed by atoms with E-state index >= 15 is 0 Å². The predicted octanol–water partition coefficient (Wildman–Crippen LogP) is 12.5. The molecule has 0 N–H and O–H groups in total. The van der Waals surface area contributed by atoms with E-state index in [0.29, 0.717) is 0 Å². The second-order valence-electron chi connectivity index (χ2n) is 16.7. The van der Waals surface area contributed by atoms with Crippen molar-refractivity contribution >= 4 is 49.7 Å². The van der Waals surface area contributed by atoms with Crippen LogP contribution in [0.25, 0.3) is 0 Å². The molecule has 59 heavy (non-hydrogen) atoms. The number of aliphatic carboxylic acids is 2. The molecule has 0 aromatic heterocycles. The molecular formula is C52H96CaN2O4. The summed E-state index contributed by atoms with van der Waals surface area (Å²) in [7, 11) is 0. The van der Waals surface area contributed by atoms with Crippen LogP contribution in [0, 0.1) is 0 Å². The summed E-state index contributed by atoms with van der Waals surface area (Å²) < 4.78 is 0. The molecule has 0 aliphatic rings. The van der Waals surface area contributed by atoms with Gasteiger partial charge in [0, 0.05) is 37.3 Å². The number of carboxylic acids is 2. The average molecular weight is 853 g/mol. The Morgan fingerprint density at radius 2 is 0.593 bits per heavy atom. The topological polar surface area (TPSA) is 86.7 Å². The molecule has 340 valence electrons. The van der Waals surface area contributed by atoms with Gasteiger partial charge in [-0.05, 0) is 103 Å². The molecule has 0 aromatic rings. The van der Waals surface area contributed by atoms with Gasteiger partial charge in [0.05, 0.1) is 11.9 Å². The Labute approximate surface area is 397 Å². The SMILES string of the molecule is CCCCC/C=C/CC(CCC)N(CC(=O)[O-])C(C/C=C/CCCCC)CCC.CCCCC/C=C/CC(CCC)N(CC(=O)[O-])C(C/C=C/CCCCC)CCC.[Ca+2]. The molecule has 0 aliphatic heterocycles. The van der Waals surface area contributed by atoms with Gasteiger partial charge in [-0.3, -0.25) is 9.80 Å². The fourth-order valence-electron chi connectivity index (χ4n) is 7.95. The smallest absolute Gasteiger partial charge is 0.549 e. The van der Waals surface area contributed by atoms with Crippen LogP contribution in [0.15, 0.2) is 48.6 Å². The average Bonchev–Trinajstić information content (AvgIpc) is 3.20. The van der Waals surface area contributed by atoms with Crippen LogP contribution in [0.4, 0.5) is 0 Å². The molecule has 0 amide bonds. The minimum absolute atomic E-state index is 0. The standard InChI is InChI=1S/2C26H49NO2.Ca/c2*1-5-9-11-13-15-17-21-24(19-7-3)27(23-26(28)29)25(20-8-4)22-18-16-14-12-10-6-2;/h2*15-18,24-25H,5-14,19-23H2,1-4H3,(H,28,29);/q;;+2/p-2/b2*17-15+,18-16+;. The van der Waals surface area contributed by atoms with Crippen molar-refractivity contribution in [1.29, 1.82) is 0 Å².